The molecular weight excluding hydrogens is 260 g/mol. The molecule has 0 aromatic heterocycles. The molecule has 0 aliphatic heterocycles. The average molecular weight is 286 g/mol. The first kappa shape index (κ1) is 18.2. The van der Waals surface area contributed by atoms with E-state index in [-0.39, 0.29) is 11.9 Å². The van der Waals surface area contributed by atoms with Crippen molar-refractivity contribution in [2.45, 2.75) is 57.9 Å². The van der Waals surface area contributed by atoms with Crippen LogP contribution < -0.4 is 16.8 Å². The average Bonchev–Trinajstić information content (AvgIpc) is 2.37. The van der Waals surface area contributed by atoms with Crippen LogP contribution in [0.2, 0.25) is 0 Å². The van der Waals surface area contributed by atoms with Crippen molar-refractivity contribution in [3.8, 4) is 0 Å². The van der Waals surface area contributed by atoms with Crippen molar-refractivity contribution in [3.05, 3.63) is 0 Å². The highest BCUT2D eigenvalue weighted by Crippen LogP contribution is 2.04. The third-order valence-electron chi connectivity index (χ3n) is 2.84. The van der Waals surface area contributed by atoms with E-state index in [1.807, 2.05) is 0 Å². The van der Waals surface area contributed by atoms with Gasteiger partial charge in [-0.05, 0) is 19.3 Å². The van der Waals surface area contributed by atoms with Crippen LogP contribution in [0, 0.1) is 0 Å². The molecule has 0 aromatic rings. The first-order valence-electron chi connectivity index (χ1n) is 7.05. The summed E-state index contributed by atoms with van der Waals surface area (Å²) in [7, 11) is 0. The van der Waals surface area contributed by atoms with Gasteiger partial charge < -0.3 is 21.9 Å². The molecule has 6 N–H and O–H groups in total. The van der Waals surface area contributed by atoms with Gasteiger partial charge in [-0.3, -0.25) is 9.79 Å². The van der Waals surface area contributed by atoms with Crippen molar-refractivity contribution in [2.24, 2.45) is 16.5 Å². The summed E-state index contributed by atoms with van der Waals surface area (Å²) in [5, 5.41) is 11.6. The first-order chi connectivity index (χ1) is 9.47. The molecule has 1 atom stereocenters. The number of nitrogens with one attached hydrogen (secondary N) is 1. The van der Waals surface area contributed by atoms with Gasteiger partial charge in [-0.25, -0.2) is 4.79 Å². The number of amides is 1. The van der Waals surface area contributed by atoms with E-state index < -0.39 is 12.0 Å². The molecule has 0 saturated carbocycles. The Hall–Kier alpha value is -1.79. The maximum atomic E-state index is 11.6. The van der Waals surface area contributed by atoms with Gasteiger partial charge in [0.1, 0.15) is 6.04 Å². The Labute approximate surface area is 119 Å². The molecule has 0 aromatic carbocycles. The first-order valence-corrected chi connectivity index (χ1v) is 7.05. The molecule has 0 unspecified atom stereocenters. The largest absolute Gasteiger partial charge is 0.480 e. The molecule has 1 amide bonds. The van der Waals surface area contributed by atoms with Crippen LogP contribution in [0.5, 0.6) is 0 Å². The number of carbonyl (C=O) groups is 2. The maximum Gasteiger partial charge on any atom is 0.326 e. The van der Waals surface area contributed by atoms with Gasteiger partial charge >= 0.3 is 5.97 Å². The van der Waals surface area contributed by atoms with Gasteiger partial charge in [0.25, 0.3) is 0 Å². The van der Waals surface area contributed by atoms with Crippen LogP contribution in [0.15, 0.2) is 4.99 Å². The molecule has 20 heavy (non-hydrogen) atoms. The fraction of sp³-hybridized carbons (Fsp3) is 0.769. The summed E-state index contributed by atoms with van der Waals surface area (Å²) in [5.74, 6) is -1.26. The highest BCUT2D eigenvalue weighted by Gasteiger charge is 2.18. The lowest BCUT2D eigenvalue weighted by molar-refractivity contribution is -0.142. The van der Waals surface area contributed by atoms with Gasteiger partial charge in [-0.2, -0.15) is 0 Å². The number of hydrogen-bond acceptors (Lipinski definition) is 3. The minimum Gasteiger partial charge on any atom is -0.480 e. The number of hydrogen-bond donors (Lipinski definition) is 4. The number of nitrogens with two attached hydrogens (primary N) is 2. The molecule has 0 spiro atoms. The van der Waals surface area contributed by atoms with Crippen molar-refractivity contribution in [1.82, 2.24) is 5.32 Å². The van der Waals surface area contributed by atoms with Gasteiger partial charge in [-0.1, -0.05) is 26.2 Å². The zero-order valence-electron chi connectivity index (χ0n) is 12.1. The predicted octanol–water partition coefficient (Wildman–Crippen LogP) is 0.580. The Morgan fingerprint density at radius 3 is 2.45 bits per heavy atom. The van der Waals surface area contributed by atoms with E-state index >= 15 is 0 Å². The Bertz CT molecular complexity index is 328. The van der Waals surface area contributed by atoms with Crippen molar-refractivity contribution >= 4 is 17.8 Å². The van der Waals surface area contributed by atoms with Crippen LogP contribution >= 0.6 is 0 Å². The highest BCUT2D eigenvalue weighted by molar-refractivity contribution is 5.83. The summed E-state index contributed by atoms with van der Waals surface area (Å²) in [6.45, 7) is 2.45. The molecule has 7 nitrogen and oxygen atoms in total. The predicted molar refractivity (Wildman–Crippen MR) is 78.2 cm³/mol. The Kier molecular flexibility index (Phi) is 10.1. The smallest absolute Gasteiger partial charge is 0.326 e. The van der Waals surface area contributed by atoms with Crippen LogP contribution in [-0.4, -0.2) is 35.5 Å². The molecule has 0 aliphatic rings. The minimum absolute atomic E-state index is 0.0168. The van der Waals surface area contributed by atoms with E-state index in [9.17, 15) is 9.59 Å². The zero-order valence-corrected chi connectivity index (χ0v) is 12.1. The SMILES string of the molecule is CCCCCCC(=O)N[C@@H](CCCN=C(N)N)C(=O)O. The number of guanidine groups is 1. The van der Waals surface area contributed by atoms with E-state index in [4.69, 9.17) is 16.6 Å². The maximum absolute atomic E-state index is 11.6. The topological polar surface area (TPSA) is 131 Å². The van der Waals surface area contributed by atoms with Gasteiger partial charge in [0.15, 0.2) is 5.96 Å². The Morgan fingerprint density at radius 2 is 1.90 bits per heavy atom. The number of carboxylic acid groups (broad SMARTS) is 1. The van der Waals surface area contributed by atoms with Crippen LogP contribution in [0.3, 0.4) is 0 Å². The van der Waals surface area contributed by atoms with E-state index in [1.54, 1.807) is 0 Å². The molecule has 0 rings (SSSR count). The minimum atomic E-state index is -1.03. The summed E-state index contributed by atoms with van der Waals surface area (Å²) in [6, 6.07) is -0.872. The summed E-state index contributed by atoms with van der Waals surface area (Å²) < 4.78 is 0. The number of unbranched alkanes of at least 4 members (excludes halogenated alkanes) is 3. The lowest BCUT2D eigenvalue weighted by Crippen LogP contribution is -2.40. The summed E-state index contributed by atoms with van der Waals surface area (Å²) >= 11 is 0. The fourth-order valence-electron chi connectivity index (χ4n) is 1.74. The normalized spacial score (nSPS) is 11.7. The zero-order chi connectivity index (χ0) is 15.4. The second-order valence-corrected chi connectivity index (χ2v) is 4.72. The molecule has 7 heteroatoms. The number of nitrogens with zero attached hydrogens (tertiary/aromatic N) is 1. The monoisotopic (exact) mass is 286 g/mol. The molecule has 116 valence electrons. The van der Waals surface area contributed by atoms with E-state index in [0.717, 1.165) is 25.7 Å². The quantitative estimate of drug-likeness (QED) is 0.251. The molecule has 0 fully saturated rings. The second-order valence-electron chi connectivity index (χ2n) is 4.72. The van der Waals surface area contributed by atoms with Crippen LogP contribution in [0.1, 0.15) is 51.9 Å². The Morgan fingerprint density at radius 1 is 1.20 bits per heavy atom. The lowest BCUT2D eigenvalue weighted by atomic mass is 10.1. The van der Waals surface area contributed by atoms with Crippen molar-refractivity contribution in [1.29, 1.82) is 0 Å². The van der Waals surface area contributed by atoms with Crippen LogP contribution in [-0.2, 0) is 9.59 Å². The Balaban J connectivity index is 3.97. The van der Waals surface area contributed by atoms with Crippen LogP contribution in [0.25, 0.3) is 0 Å². The van der Waals surface area contributed by atoms with E-state index in [1.165, 1.54) is 0 Å². The number of carbonyl (C=O) groups excluding carboxylic acids is 1. The summed E-state index contributed by atoms with van der Waals surface area (Å²) in [4.78, 5) is 26.4. The van der Waals surface area contributed by atoms with Crippen molar-refractivity contribution < 1.29 is 14.7 Å². The second kappa shape index (κ2) is 11.1. The summed E-state index contributed by atoms with van der Waals surface area (Å²) in [6.07, 6.45) is 5.17. The third-order valence-corrected chi connectivity index (χ3v) is 2.84. The van der Waals surface area contributed by atoms with Crippen LogP contribution in [0.4, 0.5) is 0 Å². The van der Waals surface area contributed by atoms with Gasteiger partial charge in [0.05, 0.1) is 0 Å². The molecular formula is C13H26N4O3. The molecule has 0 heterocycles. The van der Waals surface area contributed by atoms with Crippen molar-refractivity contribution in [2.75, 3.05) is 6.54 Å². The lowest BCUT2D eigenvalue weighted by Gasteiger charge is -2.13. The van der Waals surface area contributed by atoms with Crippen molar-refractivity contribution in [3.63, 3.8) is 0 Å². The summed E-state index contributed by atoms with van der Waals surface area (Å²) in [5.41, 5.74) is 10.3. The number of carboxylic acids is 1. The number of aliphatic imine (C=N–C) groups is 1. The van der Waals surface area contributed by atoms with E-state index in [0.29, 0.717) is 25.8 Å². The fourth-order valence-corrected chi connectivity index (χ4v) is 1.74. The van der Waals surface area contributed by atoms with E-state index in [2.05, 4.69) is 17.2 Å². The number of aliphatic carboxylic acids is 1. The standard InChI is InChI=1S/C13H26N4O3/c1-2-3-4-5-8-11(18)17-10(12(19)20)7-6-9-16-13(14)15/h10H,2-9H2,1H3,(H,17,18)(H,19,20)(H4,14,15,16)/t10-/m0/s1. The van der Waals surface area contributed by atoms with Gasteiger partial charge in [0.2, 0.25) is 5.91 Å². The third kappa shape index (κ3) is 10.2. The molecule has 0 aliphatic carbocycles. The number of rotatable bonds is 11. The molecule has 0 saturated heterocycles. The molecule has 0 radical (unpaired) electrons. The molecule has 0 bridgehead atoms. The van der Waals surface area contributed by atoms with Gasteiger partial charge in [0, 0.05) is 13.0 Å². The highest BCUT2D eigenvalue weighted by atomic mass is 16.4. The van der Waals surface area contributed by atoms with Gasteiger partial charge in [-0.15, -0.1) is 0 Å².